The second-order valence-electron chi connectivity index (χ2n) is 6.12. The first-order chi connectivity index (χ1) is 12.9. The number of aromatic nitrogens is 4. The third-order valence-corrected chi connectivity index (χ3v) is 4.88. The molecular formula is C18H21N5O3S. The molecule has 0 aliphatic heterocycles. The highest BCUT2D eigenvalue weighted by molar-refractivity contribution is 7.14. The van der Waals surface area contributed by atoms with Gasteiger partial charge in [0.2, 0.25) is 5.91 Å². The Kier molecular flexibility index (Phi) is 5.50. The third-order valence-electron chi connectivity index (χ3n) is 4.12. The number of fused-ring (bicyclic) bond motifs is 1. The number of esters is 1. The maximum atomic E-state index is 12.3. The third kappa shape index (κ3) is 4.13. The monoisotopic (exact) mass is 387 g/mol. The van der Waals surface area contributed by atoms with E-state index < -0.39 is 5.97 Å². The first-order valence-corrected chi connectivity index (χ1v) is 9.52. The molecule has 0 aliphatic rings. The molecule has 1 amide bonds. The molecule has 0 saturated carbocycles. The zero-order valence-electron chi connectivity index (χ0n) is 15.7. The van der Waals surface area contributed by atoms with E-state index in [1.54, 1.807) is 12.3 Å². The van der Waals surface area contributed by atoms with Crippen LogP contribution in [0, 0.1) is 20.8 Å². The number of ether oxygens (including phenoxy) is 1. The number of hydrogen-bond donors (Lipinski definition) is 1. The lowest BCUT2D eigenvalue weighted by atomic mass is 10.1. The minimum absolute atomic E-state index is 0.171. The van der Waals surface area contributed by atoms with Crippen molar-refractivity contribution in [2.75, 3.05) is 11.9 Å². The Labute approximate surface area is 160 Å². The van der Waals surface area contributed by atoms with Gasteiger partial charge in [0.05, 0.1) is 12.3 Å². The van der Waals surface area contributed by atoms with Gasteiger partial charge >= 0.3 is 5.97 Å². The van der Waals surface area contributed by atoms with Crippen LogP contribution in [0.25, 0.3) is 5.65 Å². The fourth-order valence-electron chi connectivity index (χ4n) is 2.85. The Morgan fingerprint density at radius 3 is 2.78 bits per heavy atom. The van der Waals surface area contributed by atoms with Gasteiger partial charge in [0.15, 0.2) is 16.5 Å². The largest absolute Gasteiger partial charge is 0.461 e. The van der Waals surface area contributed by atoms with Gasteiger partial charge in [-0.1, -0.05) is 0 Å². The summed E-state index contributed by atoms with van der Waals surface area (Å²) in [6, 6.07) is 1.93. The van der Waals surface area contributed by atoms with E-state index in [1.165, 1.54) is 11.3 Å². The maximum Gasteiger partial charge on any atom is 0.357 e. The molecule has 8 nitrogen and oxygen atoms in total. The molecule has 0 atom stereocenters. The van der Waals surface area contributed by atoms with Gasteiger partial charge in [-0.05, 0) is 39.7 Å². The first-order valence-electron chi connectivity index (χ1n) is 8.64. The number of carbonyl (C=O) groups excluding carboxylic acids is 2. The molecule has 1 N–H and O–H groups in total. The Hall–Kier alpha value is -2.81. The molecule has 3 aromatic heterocycles. The smallest absolute Gasteiger partial charge is 0.357 e. The van der Waals surface area contributed by atoms with Crippen molar-refractivity contribution in [2.24, 2.45) is 0 Å². The second-order valence-corrected chi connectivity index (χ2v) is 6.98. The van der Waals surface area contributed by atoms with E-state index in [2.05, 4.69) is 20.4 Å². The normalized spacial score (nSPS) is 11.0. The van der Waals surface area contributed by atoms with E-state index in [-0.39, 0.29) is 24.6 Å². The number of amides is 1. The van der Waals surface area contributed by atoms with E-state index in [4.69, 9.17) is 4.74 Å². The summed E-state index contributed by atoms with van der Waals surface area (Å²) in [5.74, 6) is -0.662. The predicted molar refractivity (Wildman–Crippen MR) is 102 cm³/mol. The molecule has 9 heteroatoms. The SMILES string of the molecule is CCOC(=O)c1csc(NC(=O)CCc2c(C)nc3cc(C)nn3c2C)n1. The van der Waals surface area contributed by atoms with Crippen molar-refractivity contribution in [2.45, 2.75) is 40.5 Å². The topological polar surface area (TPSA) is 98.5 Å². The molecule has 0 bridgehead atoms. The summed E-state index contributed by atoms with van der Waals surface area (Å²) in [4.78, 5) is 32.6. The number of nitrogens with one attached hydrogen (secondary N) is 1. The van der Waals surface area contributed by atoms with Gasteiger partial charge in [0, 0.05) is 29.3 Å². The van der Waals surface area contributed by atoms with Crippen LogP contribution in [0.15, 0.2) is 11.4 Å². The Bertz CT molecular complexity index is 1010. The number of thiazole rings is 1. The van der Waals surface area contributed by atoms with Crippen molar-refractivity contribution in [3.05, 3.63) is 39.8 Å². The van der Waals surface area contributed by atoms with Crippen molar-refractivity contribution in [1.82, 2.24) is 19.6 Å². The minimum atomic E-state index is -0.491. The van der Waals surface area contributed by atoms with Crippen LogP contribution >= 0.6 is 11.3 Å². The quantitative estimate of drug-likeness (QED) is 0.653. The minimum Gasteiger partial charge on any atom is -0.461 e. The summed E-state index contributed by atoms with van der Waals surface area (Å²) < 4.78 is 6.70. The van der Waals surface area contributed by atoms with Crippen molar-refractivity contribution < 1.29 is 14.3 Å². The predicted octanol–water partition coefficient (Wildman–Crippen LogP) is 2.86. The second kappa shape index (κ2) is 7.83. The molecule has 0 spiro atoms. The van der Waals surface area contributed by atoms with Gasteiger partial charge in [-0.2, -0.15) is 5.10 Å². The summed E-state index contributed by atoms with van der Waals surface area (Å²) in [6.45, 7) is 7.86. The molecule has 0 radical (unpaired) electrons. The summed E-state index contributed by atoms with van der Waals surface area (Å²) >= 11 is 1.19. The van der Waals surface area contributed by atoms with Gasteiger partial charge in [-0.3, -0.25) is 4.79 Å². The standard InChI is InChI=1S/C18H21N5O3S/c1-5-26-17(25)14-9-27-18(20-14)21-16(24)7-6-13-11(3)19-15-8-10(2)22-23(15)12(13)4/h8-9H,5-7H2,1-4H3,(H,20,21,24). The molecule has 3 heterocycles. The fraction of sp³-hybridized carbons (Fsp3) is 0.389. The van der Waals surface area contributed by atoms with E-state index in [9.17, 15) is 9.59 Å². The zero-order chi connectivity index (χ0) is 19.6. The van der Waals surface area contributed by atoms with Crippen molar-refractivity contribution in [3.63, 3.8) is 0 Å². The summed E-state index contributed by atoms with van der Waals surface area (Å²) in [5.41, 5.74) is 4.80. The number of rotatable bonds is 6. The molecule has 27 heavy (non-hydrogen) atoms. The van der Waals surface area contributed by atoms with Crippen molar-refractivity contribution in [3.8, 4) is 0 Å². The van der Waals surface area contributed by atoms with Crippen LogP contribution in [0.1, 0.15) is 46.5 Å². The van der Waals surface area contributed by atoms with Crippen molar-refractivity contribution >= 4 is 34.0 Å². The molecule has 0 unspecified atom stereocenters. The van der Waals surface area contributed by atoms with Crippen LogP contribution in [0.3, 0.4) is 0 Å². The van der Waals surface area contributed by atoms with Crippen LogP contribution in [0.2, 0.25) is 0 Å². The van der Waals surface area contributed by atoms with Gasteiger partial charge < -0.3 is 10.1 Å². The van der Waals surface area contributed by atoms with Crippen LogP contribution in [0.4, 0.5) is 5.13 Å². The lowest BCUT2D eigenvalue weighted by Gasteiger charge is -2.10. The first kappa shape index (κ1) is 19.0. The molecule has 142 valence electrons. The molecule has 0 aromatic carbocycles. The highest BCUT2D eigenvalue weighted by Gasteiger charge is 2.15. The zero-order valence-corrected chi connectivity index (χ0v) is 16.5. The van der Waals surface area contributed by atoms with Crippen molar-refractivity contribution in [1.29, 1.82) is 0 Å². The lowest BCUT2D eigenvalue weighted by Crippen LogP contribution is -2.14. The number of hydrogen-bond acceptors (Lipinski definition) is 7. The number of anilines is 1. The molecule has 3 rings (SSSR count). The summed E-state index contributed by atoms with van der Waals surface area (Å²) in [5, 5.41) is 9.12. The van der Waals surface area contributed by atoms with Gasteiger partial charge in [0.1, 0.15) is 0 Å². The van der Waals surface area contributed by atoms with Gasteiger partial charge in [-0.25, -0.2) is 19.3 Å². The van der Waals surface area contributed by atoms with Crippen LogP contribution in [0.5, 0.6) is 0 Å². The van der Waals surface area contributed by atoms with Crippen LogP contribution in [-0.4, -0.2) is 38.1 Å². The number of carbonyl (C=O) groups is 2. The average molecular weight is 387 g/mol. The summed E-state index contributed by atoms with van der Waals surface area (Å²) in [7, 11) is 0. The van der Waals surface area contributed by atoms with Crippen LogP contribution in [-0.2, 0) is 16.0 Å². The highest BCUT2D eigenvalue weighted by Crippen LogP contribution is 2.19. The Morgan fingerprint density at radius 2 is 2.04 bits per heavy atom. The highest BCUT2D eigenvalue weighted by atomic mass is 32.1. The van der Waals surface area contributed by atoms with E-state index in [0.29, 0.717) is 11.6 Å². The molecule has 0 saturated heterocycles. The fourth-order valence-corrected chi connectivity index (χ4v) is 3.55. The van der Waals surface area contributed by atoms with Crippen LogP contribution < -0.4 is 5.32 Å². The number of nitrogens with zero attached hydrogens (tertiary/aromatic N) is 4. The molecular weight excluding hydrogens is 366 g/mol. The molecule has 0 fully saturated rings. The maximum absolute atomic E-state index is 12.3. The lowest BCUT2D eigenvalue weighted by molar-refractivity contribution is -0.116. The average Bonchev–Trinajstić information content (AvgIpc) is 3.21. The molecule has 3 aromatic rings. The summed E-state index contributed by atoms with van der Waals surface area (Å²) in [6.07, 6.45) is 0.824. The van der Waals surface area contributed by atoms with Gasteiger partial charge in [-0.15, -0.1) is 11.3 Å². The number of aryl methyl sites for hydroxylation is 3. The van der Waals surface area contributed by atoms with E-state index in [1.807, 2.05) is 31.4 Å². The van der Waals surface area contributed by atoms with Gasteiger partial charge in [0.25, 0.3) is 0 Å². The Balaban J connectivity index is 1.66. The van der Waals surface area contributed by atoms with E-state index in [0.717, 1.165) is 28.3 Å². The molecule has 0 aliphatic carbocycles. The Morgan fingerprint density at radius 1 is 1.26 bits per heavy atom. The van der Waals surface area contributed by atoms with E-state index >= 15 is 0 Å².